The Morgan fingerprint density at radius 1 is 1.23 bits per heavy atom. The summed E-state index contributed by atoms with van der Waals surface area (Å²) in [6.07, 6.45) is 2.08. The van der Waals surface area contributed by atoms with Gasteiger partial charge in [0.25, 0.3) is 11.2 Å². The molecule has 26 heavy (non-hydrogen) atoms. The first-order valence-corrected chi connectivity index (χ1v) is 8.14. The van der Waals surface area contributed by atoms with E-state index in [0.29, 0.717) is 22.6 Å². The number of nitro groups is 1. The van der Waals surface area contributed by atoms with Crippen LogP contribution in [0.4, 0.5) is 11.5 Å². The fourth-order valence-electron chi connectivity index (χ4n) is 3.20. The Morgan fingerprint density at radius 3 is 2.54 bits per heavy atom. The summed E-state index contributed by atoms with van der Waals surface area (Å²) >= 11 is 0. The van der Waals surface area contributed by atoms with Crippen LogP contribution in [-0.4, -0.2) is 32.6 Å². The summed E-state index contributed by atoms with van der Waals surface area (Å²) in [6, 6.07) is 9.28. The van der Waals surface area contributed by atoms with Crippen LogP contribution in [0.25, 0.3) is 16.9 Å². The summed E-state index contributed by atoms with van der Waals surface area (Å²) in [4.78, 5) is 29.3. The second-order valence-corrected chi connectivity index (χ2v) is 6.08. The van der Waals surface area contributed by atoms with Crippen molar-refractivity contribution in [1.29, 1.82) is 5.26 Å². The predicted molar refractivity (Wildman–Crippen MR) is 94.1 cm³/mol. The zero-order chi connectivity index (χ0) is 18.3. The number of anilines is 1. The van der Waals surface area contributed by atoms with Gasteiger partial charge in [-0.2, -0.15) is 9.78 Å². The van der Waals surface area contributed by atoms with Crippen LogP contribution in [0.15, 0.2) is 35.1 Å². The van der Waals surface area contributed by atoms with E-state index in [9.17, 15) is 20.2 Å². The molecular weight excluding hydrogens is 336 g/mol. The molecule has 0 aliphatic carbocycles. The molecule has 3 aromatic rings. The molecule has 9 heteroatoms. The second-order valence-electron chi connectivity index (χ2n) is 6.08. The van der Waals surface area contributed by atoms with Gasteiger partial charge >= 0.3 is 0 Å². The molecule has 1 aromatic carbocycles. The van der Waals surface area contributed by atoms with Crippen molar-refractivity contribution in [3.63, 3.8) is 0 Å². The quantitative estimate of drug-likeness (QED) is 0.570. The van der Waals surface area contributed by atoms with Crippen molar-refractivity contribution in [2.24, 2.45) is 0 Å². The monoisotopic (exact) mass is 350 g/mol. The van der Waals surface area contributed by atoms with Crippen LogP contribution in [0, 0.1) is 21.4 Å². The summed E-state index contributed by atoms with van der Waals surface area (Å²) < 4.78 is 1.26. The average molecular weight is 350 g/mol. The van der Waals surface area contributed by atoms with Gasteiger partial charge in [0.05, 0.1) is 10.6 Å². The molecule has 3 heterocycles. The van der Waals surface area contributed by atoms with Crippen LogP contribution in [0.1, 0.15) is 18.4 Å². The van der Waals surface area contributed by atoms with Crippen LogP contribution in [0.2, 0.25) is 0 Å². The number of hydrogen-bond donors (Lipinski definition) is 1. The maximum Gasteiger partial charge on any atom is 0.273 e. The van der Waals surface area contributed by atoms with Crippen LogP contribution in [0.5, 0.6) is 0 Å². The number of nitrogens with zero attached hydrogens (tertiary/aromatic N) is 5. The van der Waals surface area contributed by atoms with Crippen LogP contribution < -0.4 is 10.5 Å². The van der Waals surface area contributed by atoms with Crippen molar-refractivity contribution >= 4 is 17.2 Å². The van der Waals surface area contributed by atoms with Gasteiger partial charge in [0.15, 0.2) is 5.65 Å². The lowest BCUT2D eigenvalue weighted by Gasteiger charge is -2.14. The fourth-order valence-corrected chi connectivity index (χ4v) is 3.20. The third-order valence-corrected chi connectivity index (χ3v) is 4.50. The Hall–Kier alpha value is -3.67. The summed E-state index contributed by atoms with van der Waals surface area (Å²) in [5.41, 5.74) is 1.15. The van der Waals surface area contributed by atoms with Crippen LogP contribution in [-0.2, 0) is 0 Å². The molecule has 0 amide bonds. The molecular formula is C17H14N6O3. The first-order chi connectivity index (χ1) is 12.6. The maximum absolute atomic E-state index is 12.5. The topological polar surface area (TPSA) is 120 Å². The van der Waals surface area contributed by atoms with E-state index in [1.165, 1.54) is 34.8 Å². The Bertz CT molecular complexity index is 1100. The number of benzene rings is 1. The standard InChI is InChI=1S/C17H14N6O3/c18-10-13-16-19-14(11-3-5-12(6-4-11)23(25)26)9-15(24)22(16)20-17(13)21-7-1-2-8-21/h3-6,9,20H,1-2,7-8H2. The highest BCUT2D eigenvalue weighted by molar-refractivity contribution is 5.72. The van der Waals surface area contributed by atoms with Crippen molar-refractivity contribution in [1.82, 2.24) is 14.6 Å². The number of aromatic nitrogens is 3. The molecule has 0 saturated carbocycles. The third-order valence-electron chi connectivity index (χ3n) is 4.50. The lowest BCUT2D eigenvalue weighted by Crippen LogP contribution is -2.20. The molecule has 1 saturated heterocycles. The number of H-pyrrole nitrogens is 1. The molecule has 4 rings (SSSR count). The van der Waals surface area contributed by atoms with E-state index in [1.807, 2.05) is 4.90 Å². The summed E-state index contributed by atoms with van der Waals surface area (Å²) in [7, 11) is 0. The van der Waals surface area contributed by atoms with E-state index >= 15 is 0 Å². The second kappa shape index (κ2) is 6.00. The first kappa shape index (κ1) is 15.8. The van der Waals surface area contributed by atoms with Gasteiger partial charge in [-0.3, -0.25) is 20.0 Å². The Morgan fingerprint density at radius 2 is 1.92 bits per heavy atom. The number of aromatic amines is 1. The third kappa shape index (κ3) is 2.48. The smallest absolute Gasteiger partial charge is 0.273 e. The van der Waals surface area contributed by atoms with E-state index < -0.39 is 4.92 Å². The van der Waals surface area contributed by atoms with E-state index in [4.69, 9.17) is 0 Å². The minimum absolute atomic E-state index is 0.0396. The lowest BCUT2D eigenvalue weighted by molar-refractivity contribution is -0.384. The van der Waals surface area contributed by atoms with Crippen LogP contribution in [0.3, 0.4) is 0 Å². The van der Waals surface area contributed by atoms with E-state index in [1.54, 1.807) is 0 Å². The van der Waals surface area contributed by atoms with Crippen molar-refractivity contribution in [2.75, 3.05) is 18.0 Å². The summed E-state index contributed by atoms with van der Waals surface area (Å²) in [5.74, 6) is 0.607. The number of non-ortho nitro benzene ring substituents is 1. The van der Waals surface area contributed by atoms with Gasteiger partial charge < -0.3 is 4.90 Å². The fraction of sp³-hybridized carbons (Fsp3) is 0.235. The van der Waals surface area contributed by atoms with Crippen molar-refractivity contribution in [2.45, 2.75) is 12.8 Å². The highest BCUT2D eigenvalue weighted by Gasteiger charge is 2.22. The molecule has 130 valence electrons. The molecule has 9 nitrogen and oxygen atoms in total. The molecule has 0 spiro atoms. The van der Waals surface area contributed by atoms with Gasteiger partial charge in [0.1, 0.15) is 17.5 Å². The molecule has 1 N–H and O–H groups in total. The minimum atomic E-state index is -0.489. The van der Waals surface area contributed by atoms with Crippen molar-refractivity contribution in [3.05, 3.63) is 56.4 Å². The molecule has 2 aromatic heterocycles. The Balaban J connectivity index is 1.86. The van der Waals surface area contributed by atoms with Crippen LogP contribution >= 0.6 is 0 Å². The molecule has 0 bridgehead atoms. The molecule has 1 aliphatic rings. The highest BCUT2D eigenvalue weighted by atomic mass is 16.6. The highest BCUT2D eigenvalue weighted by Crippen LogP contribution is 2.26. The van der Waals surface area contributed by atoms with Crippen molar-refractivity contribution < 1.29 is 4.92 Å². The van der Waals surface area contributed by atoms with Gasteiger partial charge in [-0.05, 0) is 25.0 Å². The van der Waals surface area contributed by atoms with E-state index in [2.05, 4.69) is 16.2 Å². The maximum atomic E-state index is 12.5. The zero-order valence-corrected chi connectivity index (χ0v) is 13.7. The number of nitrogens with one attached hydrogen (secondary N) is 1. The SMILES string of the molecule is N#Cc1c(N2CCCC2)[nH]n2c(=O)cc(-c3ccc([N+](=O)[O-])cc3)nc12. The molecule has 1 aliphatic heterocycles. The van der Waals surface area contributed by atoms with Gasteiger partial charge in [0, 0.05) is 36.9 Å². The number of hydrogen-bond acceptors (Lipinski definition) is 6. The first-order valence-electron chi connectivity index (χ1n) is 8.14. The molecule has 1 fully saturated rings. The van der Waals surface area contributed by atoms with Gasteiger partial charge in [-0.1, -0.05) is 0 Å². The Kier molecular flexibility index (Phi) is 3.65. The van der Waals surface area contributed by atoms with Crippen molar-refractivity contribution in [3.8, 4) is 17.3 Å². The average Bonchev–Trinajstić information content (AvgIpc) is 3.29. The zero-order valence-electron chi connectivity index (χ0n) is 13.7. The summed E-state index contributed by atoms with van der Waals surface area (Å²) in [6.45, 7) is 1.65. The summed E-state index contributed by atoms with van der Waals surface area (Å²) in [5, 5.41) is 23.4. The van der Waals surface area contributed by atoms with Gasteiger partial charge in [-0.15, -0.1) is 0 Å². The van der Waals surface area contributed by atoms with E-state index in [-0.39, 0.29) is 16.9 Å². The lowest BCUT2D eigenvalue weighted by atomic mass is 10.1. The Labute approximate surface area is 147 Å². The molecule has 0 atom stereocenters. The number of rotatable bonds is 3. The number of nitriles is 1. The predicted octanol–water partition coefficient (Wildman–Crippen LogP) is 2.07. The normalized spacial score (nSPS) is 13.9. The van der Waals surface area contributed by atoms with E-state index in [0.717, 1.165) is 25.9 Å². The van der Waals surface area contributed by atoms with Gasteiger partial charge in [0.2, 0.25) is 0 Å². The number of fused-ring (bicyclic) bond motifs is 1. The largest absolute Gasteiger partial charge is 0.356 e. The number of nitro benzene ring substituents is 1. The minimum Gasteiger partial charge on any atom is -0.356 e. The van der Waals surface area contributed by atoms with Gasteiger partial charge in [-0.25, -0.2) is 4.98 Å². The molecule has 0 radical (unpaired) electrons. The molecule has 0 unspecified atom stereocenters.